The number of hydrogen-bond acceptors (Lipinski definition) is 3. The molecular formula is C13H15IN2O2. The Hall–Kier alpha value is -1.10. The van der Waals surface area contributed by atoms with Crippen molar-refractivity contribution in [1.29, 1.82) is 0 Å². The second-order valence-electron chi connectivity index (χ2n) is 3.70. The lowest BCUT2D eigenvalue weighted by molar-refractivity contribution is -0.657. The third-order valence-electron chi connectivity index (χ3n) is 2.34. The Morgan fingerprint density at radius 1 is 1.39 bits per heavy atom. The number of carbonyl (C=O) groups is 1. The number of benzene rings is 1. The number of hydrogen-bond donors (Lipinski definition) is 2. The molecule has 0 aliphatic carbocycles. The fourth-order valence-corrected chi connectivity index (χ4v) is 1.77. The van der Waals surface area contributed by atoms with Gasteiger partial charge in [-0.25, -0.2) is 0 Å². The van der Waals surface area contributed by atoms with Gasteiger partial charge in [0.25, 0.3) is 0 Å². The summed E-state index contributed by atoms with van der Waals surface area (Å²) in [7, 11) is 0. The number of nitrogens with one attached hydrogen (secondary N) is 1. The van der Waals surface area contributed by atoms with Crippen molar-refractivity contribution in [3.8, 4) is 9.85 Å². The van der Waals surface area contributed by atoms with E-state index in [2.05, 4.69) is 20.5 Å². The highest BCUT2D eigenvalue weighted by Gasteiger charge is 1.95. The first-order valence-corrected chi connectivity index (χ1v) is 6.77. The Balaban J connectivity index is 0.000000225. The molecule has 0 aromatic heterocycles. The molecule has 1 aromatic carbocycles. The molecule has 5 heteroatoms. The number of nitrogens with two attached hydrogens (primary N) is 1. The van der Waals surface area contributed by atoms with Crippen LogP contribution in [0, 0.1) is 9.85 Å². The largest absolute Gasteiger partial charge is 0.545 e. The van der Waals surface area contributed by atoms with Gasteiger partial charge in [-0.15, -0.1) is 0 Å². The summed E-state index contributed by atoms with van der Waals surface area (Å²) in [6.45, 7) is 4.92. The van der Waals surface area contributed by atoms with Crippen molar-refractivity contribution in [2.24, 2.45) is 0 Å². The Labute approximate surface area is 120 Å². The van der Waals surface area contributed by atoms with E-state index in [1.807, 2.05) is 22.6 Å². The van der Waals surface area contributed by atoms with Gasteiger partial charge in [-0.3, -0.25) is 0 Å². The van der Waals surface area contributed by atoms with Gasteiger partial charge < -0.3 is 20.5 Å². The van der Waals surface area contributed by atoms with E-state index in [9.17, 15) is 9.90 Å². The van der Waals surface area contributed by atoms with E-state index in [1.54, 1.807) is 12.1 Å². The zero-order valence-corrected chi connectivity index (χ0v) is 12.1. The van der Waals surface area contributed by atoms with Gasteiger partial charge in [0, 0.05) is 41.2 Å². The predicted octanol–water partition coefficient (Wildman–Crippen LogP) is -1.05. The van der Waals surface area contributed by atoms with E-state index < -0.39 is 5.97 Å². The summed E-state index contributed by atoms with van der Waals surface area (Å²) in [5.41, 5.74) is 0.845. The van der Waals surface area contributed by atoms with Crippen LogP contribution < -0.4 is 15.7 Å². The summed E-state index contributed by atoms with van der Waals surface area (Å²) in [6.07, 6.45) is 0. The number of aromatic carboxylic acids is 1. The number of carbonyl (C=O) groups excluding carboxylic acids is 1. The van der Waals surface area contributed by atoms with E-state index >= 15 is 0 Å². The van der Waals surface area contributed by atoms with Crippen molar-refractivity contribution >= 4 is 28.6 Å². The zero-order chi connectivity index (χ0) is 13.2. The first-order chi connectivity index (χ1) is 8.74. The van der Waals surface area contributed by atoms with Crippen molar-refractivity contribution in [2.45, 2.75) is 0 Å². The van der Waals surface area contributed by atoms with Gasteiger partial charge in [-0.2, -0.15) is 0 Å². The van der Waals surface area contributed by atoms with Gasteiger partial charge in [-0.05, 0) is 21.6 Å². The van der Waals surface area contributed by atoms with Gasteiger partial charge in [-0.1, -0.05) is 18.1 Å². The van der Waals surface area contributed by atoms with Crippen LogP contribution in [0.5, 0.6) is 0 Å². The minimum atomic E-state index is -1.17. The molecule has 18 heavy (non-hydrogen) atoms. The molecule has 0 atom stereocenters. The first-order valence-electron chi connectivity index (χ1n) is 5.69. The van der Waals surface area contributed by atoms with Crippen molar-refractivity contribution in [2.75, 3.05) is 26.2 Å². The minimum absolute atomic E-state index is 0.159. The topological polar surface area (TPSA) is 68.8 Å². The highest BCUT2D eigenvalue weighted by molar-refractivity contribution is 14.1. The molecule has 2 rings (SSSR count). The van der Waals surface area contributed by atoms with E-state index in [1.165, 1.54) is 38.3 Å². The Kier molecular flexibility index (Phi) is 7.41. The third-order valence-corrected chi connectivity index (χ3v) is 2.61. The molecule has 1 saturated heterocycles. The van der Waals surface area contributed by atoms with Crippen LogP contribution in [0.25, 0.3) is 0 Å². The lowest BCUT2D eigenvalue weighted by Crippen LogP contribution is -2.89. The number of quaternary nitrogens is 1. The van der Waals surface area contributed by atoms with Crippen molar-refractivity contribution in [3.63, 3.8) is 0 Å². The van der Waals surface area contributed by atoms with Crippen molar-refractivity contribution < 1.29 is 15.2 Å². The second-order valence-corrected chi connectivity index (χ2v) is 4.24. The molecule has 0 saturated carbocycles. The quantitative estimate of drug-likeness (QED) is 0.497. The number of carboxylic acid groups (broad SMARTS) is 1. The summed E-state index contributed by atoms with van der Waals surface area (Å²) in [5.74, 6) is 1.57. The third kappa shape index (κ3) is 6.00. The summed E-state index contributed by atoms with van der Waals surface area (Å²) in [4.78, 5) is 10.4. The van der Waals surface area contributed by atoms with Crippen LogP contribution in [0.1, 0.15) is 15.9 Å². The molecule has 1 fully saturated rings. The Bertz CT molecular complexity index is 436. The molecule has 96 valence electrons. The van der Waals surface area contributed by atoms with Crippen LogP contribution in [0.4, 0.5) is 0 Å². The van der Waals surface area contributed by atoms with Crippen molar-refractivity contribution in [1.82, 2.24) is 5.32 Å². The second kappa shape index (κ2) is 8.91. The highest BCUT2D eigenvalue weighted by Crippen LogP contribution is 2.02. The molecule has 0 unspecified atom stereocenters. The molecule has 0 spiro atoms. The van der Waals surface area contributed by atoms with Crippen LogP contribution in [0.2, 0.25) is 0 Å². The summed E-state index contributed by atoms with van der Waals surface area (Å²) >= 11 is 1.90. The number of rotatable bonds is 1. The predicted molar refractivity (Wildman–Crippen MR) is 76.2 cm³/mol. The fraction of sp³-hybridized carbons (Fsp3) is 0.308. The smallest absolute Gasteiger partial charge is 0.0882 e. The normalized spacial score (nSPS) is 13.6. The zero-order valence-electron chi connectivity index (χ0n) is 9.91. The molecule has 1 aliphatic rings. The molecule has 4 nitrogen and oxygen atoms in total. The monoisotopic (exact) mass is 358 g/mol. The Morgan fingerprint density at radius 2 is 2.11 bits per heavy atom. The Morgan fingerprint density at radius 3 is 2.56 bits per heavy atom. The minimum Gasteiger partial charge on any atom is -0.545 e. The number of halogens is 1. The maximum atomic E-state index is 10.4. The van der Waals surface area contributed by atoms with Crippen LogP contribution in [-0.4, -0.2) is 32.1 Å². The molecule has 0 bridgehead atoms. The maximum absolute atomic E-state index is 10.4. The van der Waals surface area contributed by atoms with E-state index in [0.717, 1.165) is 0 Å². The first kappa shape index (κ1) is 15.0. The van der Waals surface area contributed by atoms with Gasteiger partial charge in [0.05, 0.1) is 19.1 Å². The molecule has 1 aliphatic heterocycles. The maximum Gasteiger partial charge on any atom is 0.0882 e. The van der Waals surface area contributed by atoms with E-state index in [4.69, 9.17) is 0 Å². The van der Waals surface area contributed by atoms with Crippen LogP contribution >= 0.6 is 22.6 Å². The van der Waals surface area contributed by atoms with Crippen LogP contribution in [0.3, 0.4) is 0 Å². The summed E-state index contributed by atoms with van der Waals surface area (Å²) < 4.78 is 2.66. The molecular weight excluding hydrogens is 343 g/mol. The number of carboxylic acids is 1. The highest BCUT2D eigenvalue weighted by atomic mass is 127. The van der Waals surface area contributed by atoms with Gasteiger partial charge in [0.1, 0.15) is 0 Å². The SMILES string of the molecule is C1C[NH2+]CCN1.O=C([O-])c1cccc(C#CI)c1. The molecule has 3 N–H and O–H groups in total. The van der Waals surface area contributed by atoms with E-state index in [0.29, 0.717) is 5.56 Å². The number of piperazine rings is 1. The molecule has 0 radical (unpaired) electrons. The molecule has 0 amide bonds. The van der Waals surface area contributed by atoms with Gasteiger partial charge in [0.2, 0.25) is 0 Å². The lowest BCUT2D eigenvalue weighted by atomic mass is 10.1. The lowest BCUT2D eigenvalue weighted by Gasteiger charge is -2.07. The molecule has 1 aromatic rings. The van der Waals surface area contributed by atoms with Gasteiger partial charge >= 0.3 is 0 Å². The average molecular weight is 358 g/mol. The van der Waals surface area contributed by atoms with Crippen LogP contribution in [-0.2, 0) is 0 Å². The fourth-order valence-electron chi connectivity index (χ4n) is 1.46. The van der Waals surface area contributed by atoms with E-state index in [-0.39, 0.29) is 5.56 Å². The average Bonchev–Trinajstić information content (AvgIpc) is 2.42. The summed E-state index contributed by atoms with van der Waals surface area (Å²) in [6, 6.07) is 6.36. The molecule has 1 heterocycles. The van der Waals surface area contributed by atoms with Gasteiger partial charge in [0.15, 0.2) is 0 Å². The van der Waals surface area contributed by atoms with Crippen molar-refractivity contribution in [3.05, 3.63) is 35.4 Å². The summed E-state index contributed by atoms with van der Waals surface area (Å²) in [5, 5.41) is 16.0. The standard InChI is InChI=1S/C9H5IO2.C4H10N2/c10-5-4-7-2-1-3-8(6-7)9(11)12;1-2-6-4-3-5-1/h1-3,6H,(H,11,12);5-6H,1-4H2. The van der Waals surface area contributed by atoms with Crippen LogP contribution in [0.15, 0.2) is 24.3 Å².